The van der Waals surface area contributed by atoms with Gasteiger partial charge in [-0.25, -0.2) is 0 Å². The minimum atomic E-state index is 0.250. The highest BCUT2D eigenvalue weighted by Gasteiger charge is 2.32. The van der Waals surface area contributed by atoms with E-state index in [2.05, 4.69) is 18.0 Å². The minimum absolute atomic E-state index is 0.250. The highest BCUT2D eigenvalue weighted by molar-refractivity contribution is 6.31. The van der Waals surface area contributed by atoms with E-state index in [0.29, 0.717) is 31.6 Å². The average Bonchev–Trinajstić information content (AvgIpc) is 2.87. The number of hydrogen-bond donors (Lipinski definition) is 1. The van der Waals surface area contributed by atoms with E-state index in [1.165, 1.54) is 11.1 Å². The van der Waals surface area contributed by atoms with Crippen LogP contribution in [0, 0.1) is 0 Å². The molecule has 22 heavy (non-hydrogen) atoms. The fourth-order valence-electron chi connectivity index (χ4n) is 3.73. The van der Waals surface area contributed by atoms with Gasteiger partial charge in [0.2, 0.25) is 5.91 Å². The molecule has 2 heterocycles. The molecule has 0 radical (unpaired) electrons. The molecule has 2 atom stereocenters. The second-order valence-corrected chi connectivity index (χ2v) is 6.84. The van der Waals surface area contributed by atoms with Crippen molar-refractivity contribution in [1.29, 1.82) is 0 Å². The zero-order valence-corrected chi connectivity index (χ0v) is 13.9. The lowest BCUT2D eigenvalue weighted by Gasteiger charge is -2.31. The molecule has 3 rings (SSSR count). The number of carbonyl (C=O) groups excluding carboxylic acids is 1. The summed E-state index contributed by atoms with van der Waals surface area (Å²) in [6, 6.07) is 6.73. The fraction of sp³-hybridized carbons (Fsp3) is 0.588. The molecule has 0 aromatic heterocycles. The van der Waals surface area contributed by atoms with Crippen LogP contribution in [0.1, 0.15) is 30.4 Å². The highest BCUT2D eigenvalue weighted by Crippen LogP contribution is 2.28. The molecule has 1 fully saturated rings. The number of hydrogen-bond acceptors (Lipinski definition) is 3. The van der Waals surface area contributed by atoms with Gasteiger partial charge in [-0.05, 0) is 43.5 Å². The molecule has 2 aliphatic rings. The van der Waals surface area contributed by atoms with Gasteiger partial charge in [0.1, 0.15) is 0 Å². The van der Waals surface area contributed by atoms with Crippen LogP contribution in [0.15, 0.2) is 18.2 Å². The standard InChI is InChI=1S/C17H24ClN3O/c1-20-13(5-6-14(20)10-19)9-17(22)21-8-7-15-12(11-21)3-2-4-16(15)18/h2-4,13-14H,5-11,19H2,1H3/t13-,14+/m0/s1. The van der Waals surface area contributed by atoms with E-state index in [0.717, 1.165) is 30.8 Å². The van der Waals surface area contributed by atoms with Crippen LogP contribution in [0.25, 0.3) is 0 Å². The Morgan fingerprint density at radius 2 is 2.14 bits per heavy atom. The van der Waals surface area contributed by atoms with Gasteiger partial charge in [-0.2, -0.15) is 0 Å². The van der Waals surface area contributed by atoms with Crippen molar-refractivity contribution in [3.63, 3.8) is 0 Å². The summed E-state index contributed by atoms with van der Waals surface area (Å²) in [6.07, 6.45) is 3.62. The maximum atomic E-state index is 12.6. The first-order valence-corrected chi connectivity index (χ1v) is 8.44. The summed E-state index contributed by atoms with van der Waals surface area (Å²) < 4.78 is 0. The van der Waals surface area contributed by atoms with Crippen LogP contribution in [0.3, 0.4) is 0 Å². The van der Waals surface area contributed by atoms with E-state index in [4.69, 9.17) is 17.3 Å². The summed E-state index contributed by atoms with van der Waals surface area (Å²) in [4.78, 5) is 16.9. The third-order valence-electron chi connectivity index (χ3n) is 5.23. The van der Waals surface area contributed by atoms with Crippen LogP contribution in [-0.2, 0) is 17.8 Å². The number of likely N-dealkylation sites (tertiary alicyclic amines) is 1. The molecule has 0 saturated carbocycles. The zero-order chi connectivity index (χ0) is 15.7. The quantitative estimate of drug-likeness (QED) is 0.927. The number of nitrogens with zero attached hydrogens (tertiary/aromatic N) is 2. The molecular weight excluding hydrogens is 298 g/mol. The molecule has 120 valence electrons. The molecule has 1 aromatic carbocycles. The number of amides is 1. The summed E-state index contributed by atoms with van der Waals surface area (Å²) in [6.45, 7) is 2.13. The van der Waals surface area contributed by atoms with Gasteiger partial charge in [-0.3, -0.25) is 9.69 Å². The molecule has 0 aliphatic carbocycles. The third kappa shape index (κ3) is 3.00. The van der Waals surface area contributed by atoms with Crippen LogP contribution in [0.2, 0.25) is 5.02 Å². The van der Waals surface area contributed by atoms with E-state index in [9.17, 15) is 4.79 Å². The molecular formula is C17H24ClN3O. The number of carbonyl (C=O) groups is 1. The average molecular weight is 322 g/mol. The smallest absolute Gasteiger partial charge is 0.224 e. The Bertz CT molecular complexity index is 563. The molecule has 0 bridgehead atoms. The summed E-state index contributed by atoms with van der Waals surface area (Å²) >= 11 is 6.24. The van der Waals surface area contributed by atoms with Gasteiger partial charge in [0.25, 0.3) is 0 Å². The van der Waals surface area contributed by atoms with Gasteiger partial charge in [-0.1, -0.05) is 23.7 Å². The molecule has 2 aliphatic heterocycles. The summed E-state index contributed by atoms with van der Waals surface area (Å²) in [7, 11) is 2.09. The lowest BCUT2D eigenvalue weighted by Crippen LogP contribution is -2.42. The van der Waals surface area contributed by atoms with Gasteiger partial charge in [0.15, 0.2) is 0 Å². The van der Waals surface area contributed by atoms with Crippen molar-refractivity contribution >= 4 is 17.5 Å². The second kappa shape index (κ2) is 6.57. The first kappa shape index (κ1) is 15.8. The van der Waals surface area contributed by atoms with Gasteiger partial charge in [0.05, 0.1) is 0 Å². The largest absolute Gasteiger partial charge is 0.338 e. The van der Waals surface area contributed by atoms with Crippen LogP contribution in [0.4, 0.5) is 0 Å². The first-order valence-electron chi connectivity index (χ1n) is 8.06. The molecule has 5 heteroatoms. The molecule has 0 unspecified atom stereocenters. The Morgan fingerprint density at radius 1 is 1.36 bits per heavy atom. The summed E-state index contributed by atoms with van der Waals surface area (Å²) in [5, 5.41) is 0.825. The van der Waals surface area contributed by atoms with Crippen molar-refractivity contribution in [2.24, 2.45) is 5.73 Å². The van der Waals surface area contributed by atoms with Crippen LogP contribution in [-0.4, -0.2) is 47.9 Å². The third-order valence-corrected chi connectivity index (χ3v) is 5.58. The Labute approximate surface area is 137 Å². The van der Waals surface area contributed by atoms with Gasteiger partial charge < -0.3 is 10.6 Å². The van der Waals surface area contributed by atoms with Crippen molar-refractivity contribution in [3.05, 3.63) is 34.3 Å². The van der Waals surface area contributed by atoms with Gasteiger partial charge in [0, 0.05) is 43.2 Å². The summed E-state index contributed by atoms with van der Waals surface area (Å²) in [5.41, 5.74) is 8.17. The monoisotopic (exact) mass is 321 g/mol. The Hall–Kier alpha value is -1.10. The number of halogens is 1. The highest BCUT2D eigenvalue weighted by atomic mass is 35.5. The Kier molecular flexibility index (Phi) is 4.71. The summed E-state index contributed by atoms with van der Waals surface area (Å²) in [5.74, 6) is 0.250. The Balaban J connectivity index is 1.63. The zero-order valence-electron chi connectivity index (χ0n) is 13.1. The number of fused-ring (bicyclic) bond motifs is 1. The van der Waals surface area contributed by atoms with E-state index in [-0.39, 0.29) is 5.91 Å². The number of benzene rings is 1. The maximum Gasteiger partial charge on any atom is 0.224 e. The van der Waals surface area contributed by atoms with Crippen molar-refractivity contribution in [2.75, 3.05) is 20.1 Å². The normalized spacial score (nSPS) is 25.3. The lowest BCUT2D eigenvalue weighted by molar-refractivity contribution is -0.133. The van der Waals surface area contributed by atoms with E-state index in [1.807, 2.05) is 17.0 Å². The molecule has 1 aromatic rings. The van der Waals surface area contributed by atoms with Crippen molar-refractivity contribution < 1.29 is 4.79 Å². The fourth-order valence-corrected chi connectivity index (χ4v) is 4.02. The van der Waals surface area contributed by atoms with Gasteiger partial charge in [-0.15, -0.1) is 0 Å². The number of likely N-dealkylation sites (N-methyl/N-ethyl adjacent to an activating group) is 1. The van der Waals surface area contributed by atoms with Crippen LogP contribution >= 0.6 is 11.6 Å². The lowest BCUT2D eigenvalue weighted by atomic mass is 9.99. The molecule has 0 spiro atoms. The minimum Gasteiger partial charge on any atom is -0.338 e. The second-order valence-electron chi connectivity index (χ2n) is 6.43. The van der Waals surface area contributed by atoms with Gasteiger partial charge >= 0.3 is 0 Å². The Morgan fingerprint density at radius 3 is 2.86 bits per heavy atom. The van der Waals surface area contributed by atoms with Crippen LogP contribution in [0.5, 0.6) is 0 Å². The van der Waals surface area contributed by atoms with Crippen molar-refractivity contribution in [1.82, 2.24) is 9.80 Å². The molecule has 1 amide bonds. The van der Waals surface area contributed by atoms with Crippen molar-refractivity contribution in [2.45, 2.75) is 44.3 Å². The first-order chi connectivity index (χ1) is 10.6. The van der Waals surface area contributed by atoms with E-state index < -0.39 is 0 Å². The topological polar surface area (TPSA) is 49.6 Å². The predicted molar refractivity (Wildman–Crippen MR) is 88.8 cm³/mol. The maximum absolute atomic E-state index is 12.6. The SMILES string of the molecule is CN1[C@@H](CN)CC[C@H]1CC(=O)N1CCc2c(Cl)cccc2C1. The number of nitrogens with two attached hydrogens (primary N) is 1. The molecule has 1 saturated heterocycles. The van der Waals surface area contributed by atoms with Crippen molar-refractivity contribution in [3.8, 4) is 0 Å². The number of rotatable bonds is 3. The predicted octanol–water partition coefficient (Wildman–Crippen LogP) is 2.04. The molecule has 4 nitrogen and oxygen atoms in total. The van der Waals surface area contributed by atoms with E-state index in [1.54, 1.807) is 0 Å². The van der Waals surface area contributed by atoms with E-state index >= 15 is 0 Å². The molecule has 2 N–H and O–H groups in total. The van der Waals surface area contributed by atoms with Crippen LogP contribution < -0.4 is 5.73 Å².